The fourth-order valence-electron chi connectivity index (χ4n) is 3.80. The van der Waals surface area contributed by atoms with Gasteiger partial charge in [-0.25, -0.2) is 4.98 Å². The van der Waals surface area contributed by atoms with Crippen molar-refractivity contribution in [1.82, 2.24) is 13.7 Å². The van der Waals surface area contributed by atoms with Crippen LogP contribution in [0, 0.1) is 0 Å². The van der Waals surface area contributed by atoms with Crippen molar-refractivity contribution in [3.8, 4) is 0 Å². The van der Waals surface area contributed by atoms with E-state index in [1.807, 2.05) is 33.9 Å². The molecule has 3 heterocycles. The summed E-state index contributed by atoms with van der Waals surface area (Å²) in [5, 5.41) is -0.325. The van der Waals surface area contributed by atoms with Crippen molar-refractivity contribution in [3.63, 3.8) is 0 Å². The number of imidazole rings is 1. The van der Waals surface area contributed by atoms with Crippen molar-refractivity contribution in [2.75, 3.05) is 24.2 Å². The lowest BCUT2D eigenvalue weighted by molar-refractivity contribution is -0.107. The summed E-state index contributed by atoms with van der Waals surface area (Å²) in [6.45, 7) is 3.77. The minimum absolute atomic E-state index is 0.325. The molecule has 0 saturated carbocycles. The summed E-state index contributed by atoms with van der Waals surface area (Å²) >= 11 is -0.892. The number of aryl methyl sites for hydroxylation is 1. The zero-order valence-corrected chi connectivity index (χ0v) is 17.8. The van der Waals surface area contributed by atoms with Crippen molar-refractivity contribution in [2.45, 2.75) is 37.3 Å². The predicted molar refractivity (Wildman–Crippen MR) is 119 cm³/mol. The van der Waals surface area contributed by atoms with E-state index in [2.05, 4.69) is 23.6 Å². The minimum Gasteiger partial charge on any atom is -0.598 e. The summed E-state index contributed by atoms with van der Waals surface area (Å²) in [5.41, 5.74) is 3.06. The van der Waals surface area contributed by atoms with Gasteiger partial charge in [0.05, 0.1) is 5.69 Å². The quantitative estimate of drug-likeness (QED) is 0.359. The number of pyridine rings is 1. The molecule has 0 spiro atoms. The van der Waals surface area contributed by atoms with Gasteiger partial charge in [0.15, 0.2) is 0 Å². The van der Waals surface area contributed by atoms with Gasteiger partial charge in [-0.15, -0.1) is 4.31 Å². The van der Waals surface area contributed by atoms with Gasteiger partial charge in [0, 0.05) is 30.6 Å². The summed E-state index contributed by atoms with van der Waals surface area (Å²) < 4.78 is 15.8. The molecule has 2 aromatic rings. The number of carbonyl (C=O) groups excluding carboxylic acids is 1. The van der Waals surface area contributed by atoms with Crippen LogP contribution in [0.1, 0.15) is 36.9 Å². The first-order chi connectivity index (χ1) is 12.8. The molecule has 142 valence electrons. The first-order valence-corrected chi connectivity index (χ1v) is 11.1. The van der Waals surface area contributed by atoms with E-state index in [1.165, 1.54) is 5.56 Å². The lowest BCUT2D eigenvalue weighted by Crippen LogP contribution is -2.51. The molecular formula is C17H27B3N4O2S. The fourth-order valence-corrected chi connectivity index (χ4v) is 4.53. The Morgan fingerprint density at radius 3 is 2.56 bits per heavy atom. The average molecular weight is 384 g/mol. The Morgan fingerprint density at radius 2 is 2.04 bits per heavy atom. The van der Waals surface area contributed by atoms with Crippen LogP contribution < -0.4 is 4.90 Å². The van der Waals surface area contributed by atoms with Crippen LogP contribution in [0.4, 0.5) is 5.82 Å². The highest BCUT2D eigenvalue weighted by Gasteiger charge is 2.29. The molecule has 0 radical (unpaired) electrons. The van der Waals surface area contributed by atoms with Crippen LogP contribution in [0.2, 0.25) is 0 Å². The number of anilines is 1. The summed E-state index contributed by atoms with van der Waals surface area (Å²) in [6.07, 6.45) is 7.55. The van der Waals surface area contributed by atoms with Gasteiger partial charge in [0.1, 0.15) is 41.3 Å². The molecule has 10 heteroatoms. The smallest absolute Gasteiger partial charge is 0.213 e. The predicted octanol–water partition coefficient (Wildman–Crippen LogP) is -1.16. The largest absolute Gasteiger partial charge is 0.598 e. The van der Waals surface area contributed by atoms with Gasteiger partial charge in [0.2, 0.25) is 6.41 Å². The molecule has 27 heavy (non-hydrogen) atoms. The maximum atomic E-state index is 11.9. The van der Waals surface area contributed by atoms with E-state index in [0.29, 0.717) is 5.92 Å². The van der Waals surface area contributed by atoms with Crippen LogP contribution in [-0.4, -0.2) is 72.8 Å². The van der Waals surface area contributed by atoms with E-state index in [9.17, 15) is 9.35 Å². The van der Waals surface area contributed by atoms with E-state index in [1.54, 1.807) is 11.2 Å². The van der Waals surface area contributed by atoms with Gasteiger partial charge < -0.3 is 9.45 Å². The second-order valence-electron chi connectivity index (χ2n) is 8.20. The van der Waals surface area contributed by atoms with Gasteiger partial charge in [-0.05, 0) is 42.0 Å². The molecule has 0 aliphatic carbocycles. The summed E-state index contributed by atoms with van der Waals surface area (Å²) in [4.78, 5) is 18.4. The Morgan fingerprint density at radius 1 is 1.37 bits per heavy atom. The van der Waals surface area contributed by atoms with E-state index in [4.69, 9.17) is 4.98 Å². The zero-order chi connectivity index (χ0) is 19.8. The second kappa shape index (κ2) is 7.93. The van der Waals surface area contributed by atoms with Crippen LogP contribution in [0.3, 0.4) is 0 Å². The Labute approximate surface area is 167 Å². The molecule has 1 fully saturated rings. The Kier molecular flexibility index (Phi) is 5.98. The van der Waals surface area contributed by atoms with Crippen LogP contribution in [0.5, 0.6) is 0 Å². The molecule has 0 bridgehead atoms. The highest BCUT2D eigenvalue weighted by atomic mass is 32.2. The Bertz CT molecular complexity index is 816. The topological polar surface area (TPSA) is 63.9 Å². The molecule has 1 amide bonds. The Hall–Kier alpha value is -1.38. The van der Waals surface area contributed by atoms with Crippen molar-refractivity contribution < 1.29 is 9.35 Å². The molecule has 1 saturated heterocycles. The van der Waals surface area contributed by atoms with E-state index < -0.39 is 11.4 Å². The number of hydrogen-bond donors (Lipinski definition) is 0. The summed E-state index contributed by atoms with van der Waals surface area (Å²) in [6, 6.07) is 4.20. The lowest BCUT2D eigenvalue weighted by Gasteiger charge is -2.33. The van der Waals surface area contributed by atoms with E-state index in [0.717, 1.165) is 55.9 Å². The monoisotopic (exact) mass is 384 g/mol. The molecule has 0 N–H and O–H groups in total. The van der Waals surface area contributed by atoms with E-state index in [-0.39, 0.29) is 5.24 Å². The van der Waals surface area contributed by atoms with Gasteiger partial charge >= 0.3 is 0 Å². The second-order valence-corrected chi connectivity index (χ2v) is 9.56. The third-order valence-electron chi connectivity index (χ3n) is 5.37. The number of aromatic nitrogens is 2. The van der Waals surface area contributed by atoms with Gasteiger partial charge in [0.25, 0.3) is 0 Å². The van der Waals surface area contributed by atoms with Crippen molar-refractivity contribution >= 4 is 52.8 Å². The van der Waals surface area contributed by atoms with Crippen molar-refractivity contribution in [2.24, 2.45) is 0 Å². The maximum Gasteiger partial charge on any atom is 0.213 e. The van der Waals surface area contributed by atoms with Crippen LogP contribution in [-0.2, 0) is 22.6 Å². The van der Waals surface area contributed by atoms with Gasteiger partial charge in [-0.3, -0.25) is 9.20 Å². The number of amides is 1. The zero-order valence-electron chi connectivity index (χ0n) is 16.9. The van der Waals surface area contributed by atoms with Crippen LogP contribution >= 0.6 is 0 Å². The molecule has 3 rings (SSSR count). The normalized spacial score (nSPS) is 17.9. The molecule has 1 aliphatic heterocycles. The lowest BCUT2D eigenvalue weighted by atomic mass is 9.48. The Balaban J connectivity index is 1.99. The van der Waals surface area contributed by atoms with Crippen molar-refractivity contribution in [1.29, 1.82) is 0 Å². The highest BCUT2D eigenvalue weighted by Crippen LogP contribution is 2.32. The van der Waals surface area contributed by atoms with Gasteiger partial charge in [-0.2, -0.15) is 0 Å². The summed E-state index contributed by atoms with van der Waals surface area (Å²) in [5.74, 6) is 1.30. The van der Waals surface area contributed by atoms with Crippen molar-refractivity contribution in [3.05, 3.63) is 29.6 Å². The third-order valence-corrected chi connectivity index (χ3v) is 6.46. The number of fused-ring (bicyclic) bond motifs is 1. The third kappa shape index (κ3) is 4.07. The van der Waals surface area contributed by atoms with Crippen LogP contribution in [0.15, 0.2) is 18.3 Å². The maximum absolute atomic E-state index is 11.9. The average Bonchev–Trinajstić information content (AvgIpc) is 2.99. The molecule has 2 aromatic heterocycles. The minimum atomic E-state index is -0.892. The number of hydrogen-bond acceptors (Lipinski definition) is 4. The molecule has 1 unspecified atom stereocenters. The first-order valence-electron chi connectivity index (χ1n) is 9.60. The van der Waals surface area contributed by atoms with E-state index >= 15 is 0 Å². The number of rotatable bonds is 6. The molecule has 6 nitrogen and oxygen atoms in total. The molecule has 0 aromatic carbocycles. The molecule has 1 atom stereocenters. The standard InChI is InChI=1S/C17H27B3N4O2S/c1-3-14-16(24(11-25)17(18,19)20)23-10-13(4-5-15(23)21-14)12-6-8-22(9-7-12)27(2)26/h4-5,10-12H,3,6-9,18-20H2,1-2H3. The van der Waals surface area contributed by atoms with Gasteiger partial charge in [-0.1, -0.05) is 13.0 Å². The first kappa shape index (κ1) is 20.4. The number of carbonyl (C=O) groups is 1. The fraction of sp³-hybridized carbons (Fsp3) is 0.529. The highest BCUT2D eigenvalue weighted by molar-refractivity contribution is 7.88. The molecular weight excluding hydrogens is 357 g/mol. The molecule has 1 aliphatic rings. The SMILES string of the molecule is BC(B)(B)N(C=O)c1c(CC)nc2ccc(C3CCN([S+](C)[O-])CC3)cn12. The van der Waals surface area contributed by atoms with Crippen LogP contribution in [0.25, 0.3) is 5.65 Å². The number of nitrogens with zero attached hydrogens (tertiary/aromatic N) is 4. The number of piperidine rings is 1. The summed E-state index contributed by atoms with van der Waals surface area (Å²) in [7, 11) is 6.10.